The molecule has 2 rings (SSSR count). The van der Waals surface area contributed by atoms with E-state index >= 15 is 0 Å². The van der Waals surface area contributed by atoms with Gasteiger partial charge in [-0.2, -0.15) is 13.2 Å². The molecule has 1 saturated heterocycles. The first-order valence-corrected chi connectivity index (χ1v) is 7.63. The summed E-state index contributed by atoms with van der Waals surface area (Å²) < 4.78 is 78.3. The lowest BCUT2D eigenvalue weighted by Crippen LogP contribution is -2.57. The maximum absolute atomic E-state index is 12.5. The molecule has 1 heterocycles. The summed E-state index contributed by atoms with van der Waals surface area (Å²) in [5.74, 6) is -2.96. The Balaban J connectivity index is 2.31. The van der Waals surface area contributed by atoms with E-state index in [1.54, 1.807) is 0 Å². The number of halogens is 6. The van der Waals surface area contributed by atoms with Gasteiger partial charge in [-0.05, 0) is 36.4 Å². The molecule has 1 aliphatic heterocycles. The van der Waals surface area contributed by atoms with Crippen LogP contribution in [0.25, 0.3) is 0 Å². The van der Waals surface area contributed by atoms with E-state index in [1.807, 2.05) is 0 Å². The molecule has 1 aliphatic rings. The highest BCUT2D eigenvalue weighted by atomic mass is 32.2. The maximum atomic E-state index is 12.5. The number of hydrogen-bond donors (Lipinski definition) is 2. The molecule has 0 bridgehead atoms. The van der Waals surface area contributed by atoms with Crippen LogP contribution in [-0.2, 0) is 4.79 Å². The first-order chi connectivity index (χ1) is 11.9. The smallest absolute Gasteiger partial charge is 0.405 e. The Bertz CT molecular complexity index is 709. The number of hydrogen-bond acceptors (Lipinski definition) is 5. The first kappa shape index (κ1) is 20.2. The summed E-state index contributed by atoms with van der Waals surface area (Å²) in [5, 5.41) is 8.56. The molecular formula is C13H10F6N2O4S. The molecule has 0 aromatic heterocycles. The van der Waals surface area contributed by atoms with Gasteiger partial charge in [0.25, 0.3) is 11.8 Å². The zero-order valence-corrected chi connectivity index (χ0v) is 13.3. The van der Waals surface area contributed by atoms with Gasteiger partial charge in [-0.1, -0.05) is 0 Å². The monoisotopic (exact) mass is 404 g/mol. The van der Waals surface area contributed by atoms with Crippen molar-refractivity contribution in [1.29, 1.82) is 0 Å². The van der Waals surface area contributed by atoms with Crippen molar-refractivity contribution in [2.24, 2.45) is 0 Å². The van der Waals surface area contributed by atoms with Gasteiger partial charge in [0.2, 0.25) is 0 Å². The van der Waals surface area contributed by atoms with Gasteiger partial charge in [0.1, 0.15) is 11.8 Å². The fourth-order valence-electron chi connectivity index (χ4n) is 2.20. The van der Waals surface area contributed by atoms with Crippen LogP contribution in [0.3, 0.4) is 0 Å². The average Bonchev–Trinajstić information content (AvgIpc) is 2.44. The van der Waals surface area contributed by atoms with E-state index in [0.29, 0.717) is 12.1 Å². The van der Waals surface area contributed by atoms with Crippen LogP contribution in [0.1, 0.15) is 16.8 Å². The molecule has 1 aromatic rings. The number of carbonyl (C=O) groups excluding carboxylic acids is 2. The second-order valence-corrected chi connectivity index (χ2v) is 6.14. The highest BCUT2D eigenvalue weighted by Gasteiger charge is 2.39. The number of hydroxylamine groups is 1. The second-order valence-electron chi connectivity index (χ2n) is 5.04. The van der Waals surface area contributed by atoms with Gasteiger partial charge in [0.15, 0.2) is 0 Å². The summed E-state index contributed by atoms with van der Waals surface area (Å²) in [6.45, 7) is 0.0887. The Labute approximate surface area is 146 Å². The van der Waals surface area contributed by atoms with Gasteiger partial charge >= 0.3 is 11.9 Å². The van der Waals surface area contributed by atoms with Crippen LogP contribution in [0.4, 0.5) is 26.3 Å². The third kappa shape index (κ3) is 4.94. The minimum Gasteiger partial charge on any atom is -0.405 e. The van der Waals surface area contributed by atoms with Crippen molar-refractivity contribution >= 4 is 23.6 Å². The number of thioether (sulfide) groups is 1. The zero-order valence-electron chi connectivity index (χ0n) is 12.5. The van der Waals surface area contributed by atoms with E-state index in [4.69, 9.17) is 5.21 Å². The zero-order chi connectivity index (χ0) is 19.7. The summed E-state index contributed by atoms with van der Waals surface area (Å²) in [5.41, 5.74) is -3.92. The van der Waals surface area contributed by atoms with Crippen LogP contribution in [-0.4, -0.2) is 46.4 Å². The molecular weight excluding hydrogens is 394 g/mol. The Hall–Kier alpha value is -2.15. The van der Waals surface area contributed by atoms with Crippen molar-refractivity contribution in [3.63, 3.8) is 0 Å². The molecule has 1 atom stereocenters. The van der Waals surface area contributed by atoms with Crippen LogP contribution in [0.2, 0.25) is 0 Å². The van der Waals surface area contributed by atoms with E-state index in [0.717, 1.165) is 11.0 Å². The maximum Gasteiger partial charge on any atom is 0.573 e. The lowest BCUT2D eigenvalue weighted by molar-refractivity contribution is -0.275. The summed E-state index contributed by atoms with van der Waals surface area (Å²) in [7, 11) is 0. The van der Waals surface area contributed by atoms with Gasteiger partial charge in [-0.3, -0.25) is 14.8 Å². The van der Waals surface area contributed by atoms with E-state index in [9.17, 15) is 35.9 Å². The number of likely N-dealkylation sites (tertiary alicyclic amines) is 1. The Morgan fingerprint density at radius 1 is 1.23 bits per heavy atom. The van der Waals surface area contributed by atoms with Crippen LogP contribution < -0.4 is 10.2 Å². The average molecular weight is 404 g/mol. The minimum absolute atomic E-state index is 0.0887. The van der Waals surface area contributed by atoms with Gasteiger partial charge in [0, 0.05) is 12.1 Å². The number of alkyl halides is 6. The van der Waals surface area contributed by atoms with Crippen molar-refractivity contribution in [1.82, 2.24) is 10.4 Å². The van der Waals surface area contributed by atoms with Crippen molar-refractivity contribution in [3.8, 4) is 5.75 Å². The lowest BCUT2D eigenvalue weighted by Gasteiger charge is -2.39. The Morgan fingerprint density at radius 3 is 2.35 bits per heavy atom. The van der Waals surface area contributed by atoms with Crippen molar-refractivity contribution in [3.05, 3.63) is 23.8 Å². The molecule has 0 unspecified atom stereocenters. The normalized spacial score (nSPS) is 17.5. The molecule has 26 heavy (non-hydrogen) atoms. The van der Waals surface area contributed by atoms with Gasteiger partial charge in [0.05, 0.1) is 4.90 Å². The Morgan fingerprint density at radius 2 is 1.88 bits per heavy atom. The summed E-state index contributed by atoms with van der Waals surface area (Å²) in [6.07, 6.45) is -5.05. The van der Waals surface area contributed by atoms with Gasteiger partial charge in [-0.25, -0.2) is 5.48 Å². The number of carbonyl (C=O) groups is 2. The SMILES string of the molecule is O=C(NO)[C@H]1CCN1C(=O)c1ccc(SC(F)(F)F)c(OC(F)(F)F)c1. The number of ether oxygens (including phenoxy) is 1. The Kier molecular flexibility index (Phi) is 5.61. The van der Waals surface area contributed by atoms with E-state index in [2.05, 4.69) is 4.74 Å². The predicted octanol–water partition coefficient (Wildman–Crippen LogP) is 2.92. The highest BCUT2D eigenvalue weighted by Crippen LogP contribution is 2.43. The third-order valence-electron chi connectivity index (χ3n) is 3.34. The molecule has 1 fully saturated rings. The molecule has 13 heteroatoms. The number of nitrogens with zero attached hydrogens (tertiary/aromatic N) is 1. The number of rotatable bonds is 4. The molecule has 0 saturated carbocycles. The van der Waals surface area contributed by atoms with Crippen LogP contribution >= 0.6 is 11.8 Å². The molecule has 0 aliphatic carbocycles. The van der Waals surface area contributed by atoms with Crippen molar-refractivity contribution < 1.29 is 45.9 Å². The van der Waals surface area contributed by atoms with E-state index in [-0.39, 0.29) is 13.0 Å². The summed E-state index contributed by atoms with van der Waals surface area (Å²) >= 11 is -0.821. The van der Waals surface area contributed by atoms with Crippen LogP contribution in [0, 0.1) is 0 Å². The van der Waals surface area contributed by atoms with Crippen LogP contribution in [0.15, 0.2) is 23.1 Å². The van der Waals surface area contributed by atoms with Gasteiger partial charge < -0.3 is 9.64 Å². The molecule has 0 spiro atoms. The lowest BCUT2D eigenvalue weighted by atomic mass is 10.0. The van der Waals surface area contributed by atoms with E-state index < -0.39 is 57.7 Å². The largest absolute Gasteiger partial charge is 0.573 e. The highest BCUT2D eigenvalue weighted by molar-refractivity contribution is 8.00. The molecule has 144 valence electrons. The number of benzene rings is 1. The van der Waals surface area contributed by atoms with Crippen LogP contribution in [0.5, 0.6) is 5.75 Å². The molecule has 2 N–H and O–H groups in total. The second kappa shape index (κ2) is 7.23. The fourth-order valence-corrected chi connectivity index (χ4v) is 2.78. The van der Waals surface area contributed by atoms with Crippen molar-refractivity contribution in [2.45, 2.75) is 29.2 Å². The fraction of sp³-hybridized carbons (Fsp3) is 0.385. The summed E-state index contributed by atoms with van der Waals surface area (Å²) in [4.78, 5) is 23.7. The van der Waals surface area contributed by atoms with Gasteiger partial charge in [-0.15, -0.1) is 13.2 Å². The third-order valence-corrected chi connectivity index (χ3v) is 4.12. The number of amides is 2. The topological polar surface area (TPSA) is 78.9 Å². The quantitative estimate of drug-likeness (QED) is 0.349. The summed E-state index contributed by atoms with van der Waals surface area (Å²) in [6, 6.07) is 1.07. The molecule has 6 nitrogen and oxygen atoms in total. The molecule has 1 aromatic carbocycles. The first-order valence-electron chi connectivity index (χ1n) is 6.82. The minimum atomic E-state index is -5.27. The van der Waals surface area contributed by atoms with Crippen molar-refractivity contribution in [2.75, 3.05) is 6.54 Å². The van der Waals surface area contributed by atoms with E-state index in [1.165, 1.54) is 5.48 Å². The molecule has 2 amide bonds. The molecule has 0 radical (unpaired) electrons. The standard InChI is InChI=1S/C13H10F6N2O4S/c14-12(15,16)25-8-5-6(1-2-9(8)26-13(17,18)19)11(23)21-4-3-7(21)10(22)20-24/h1-2,5,7,24H,3-4H2,(H,20,22)/t7-/m1/s1. The predicted molar refractivity (Wildman–Crippen MR) is 74.4 cm³/mol. The number of nitrogens with one attached hydrogen (secondary N) is 1.